The van der Waals surface area contributed by atoms with Crippen LogP contribution in [0.25, 0.3) is 10.9 Å². The quantitative estimate of drug-likeness (QED) is 0.179. The second-order valence-corrected chi connectivity index (χ2v) is 11.9. The Bertz CT molecular complexity index is 1670. The highest BCUT2D eigenvalue weighted by Gasteiger charge is 2.46. The van der Waals surface area contributed by atoms with Crippen molar-refractivity contribution in [2.24, 2.45) is 0 Å². The third-order valence-electron chi connectivity index (χ3n) is 6.52. The van der Waals surface area contributed by atoms with Crippen LogP contribution in [0.4, 0.5) is 5.69 Å². The summed E-state index contributed by atoms with van der Waals surface area (Å²) < 4.78 is 34.6. The number of aromatic nitrogens is 1. The minimum Gasteiger partial charge on any atom is -0.427 e. The van der Waals surface area contributed by atoms with E-state index in [1.165, 1.54) is 43.3 Å². The summed E-state index contributed by atoms with van der Waals surface area (Å²) in [4.78, 5) is 42.1. The minimum absolute atomic E-state index is 0.0108. The number of imide groups is 1. The molecule has 0 aliphatic carbocycles. The molecule has 2 heterocycles. The number of amides is 2. The molecule has 1 aliphatic heterocycles. The predicted molar refractivity (Wildman–Crippen MR) is 149 cm³/mol. The van der Waals surface area contributed by atoms with Gasteiger partial charge in [0.2, 0.25) is 15.9 Å². The number of para-hydroxylation sites is 1. The average molecular weight is 610 g/mol. The van der Waals surface area contributed by atoms with Crippen molar-refractivity contribution in [3.05, 3.63) is 89.0 Å². The standard InChI is InChI=1S/C28H24BrN3O6S/c1-18(33)38-22-10-8-21(9-11-22)32-27(34)16-26(28(32)35)31(39(36,37)23-12-6-20(29)7-13-23)15-14-19-17-30-25-5-3-2-4-24(19)25/h2-13,17,26,30H,14-16H2,1H3. The molecule has 0 spiro atoms. The second-order valence-electron chi connectivity index (χ2n) is 9.05. The number of halogens is 1. The summed E-state index contributed by atoms with van der Waals surface area (Å²) in [6, 6.07) is 18.5. The van der Waals surface area contributed by atoms with Crippen molar-refractivity contribution in [3.8, 4) is 5.75 Å². The topological polar surface area (TPSA) is 117 Å². The van der Waals surface area contributed by atoms with Gasteiger partial charge in [-0.3, -0.25) is 14.4 Å². The molecular weight excluding hydrogens is 586 g/mol. The number of aromatic amines is 1. The van der Waals surface area contributed by atoms with Crippen molar-refractivity contribution in [3.63, 3.8) is 0 Å². The molecule has 0 saturated carbocycles. The van der Waals surface area contributed by atoms with E-state index in [-0.39, 0.29) is 29.3 Å². The van der Waals surface area contributed by atoms with Gasteiger partial charge in [0, 0.05) is 35.0 Å². The molecule has 39 heavy (non-hydrogen) atoms. The van der Waals surface area contributed by atoms with E-state index in [9.17, 15) is 22.8 Å². The molecule has 1 saturated heterocycles. The van der Waals surface area contributed by atoms with Crippen molar-refractivity contribution in [2.45, 2.75) is 30.7 Å². The Labute approximate surface area is 233 Å². The van der Waals surface area contributed by atoms with Gasteiger partial charge in [0.1, 0.15) is 11.8 Å². The fourth-order valence-electron chi connectivity index (χ4n) is 4.70. The first kappa shape index (κ1) is 26.8. The Kier molecular flexibility index (Phi) is 7.39. The monoisotopic (exact) mass is 609 g/mol. The van der Waals surface area contributed by atoms with Gasteiger partial charge in [0.25, 0.3) is 5.91 Å². The Morgan fingerprint density at radius 1 is 1.05 bits per heavy atom. The highest BCUT2D eigenvalue weighted by Crippen LogP contribution is 2.31. The van der Waals surface area contributed by atoms with Crippen LogP contribution in [0.2, 0.25) is 0 Å². The summed E-state index contributed by atoms with van der Waals surface area (Å²) in [7, 11) is -4.14. The molecule has 11 heteroatoms. The highest BCUT2D eigenvalue weighted by molar-refractivity contribution is 9.10. The molecule has 5 rings (SSSR count). The molecular formula is C28H24BrN3O6S. The van der Waals surface area contributed by atoms with Gasteiger partial charge in [0.05, 0.1) is 17.0 Å². The van der Waals surface area contributed by atoms with Crippen LogP contribution in [0.5, 0.6) is 5.75 Å². The zero-order chi connectivity index (χ0) is 27.7. The van der Waals surface area contributed by atoms with Crippen LogP contribution in [-0.4, -0.2) is 48.1 Å². The van der Waals surface area contributed by atoms with Gasteiger partial charge in [-0.2, -0.15) is 4.31 Å². The maximum atomic E-state index is 13.9. The molecule has 200 valence electrons. The lowest BCUT2D eigenvalue weighted by Gasteiger charge is -2.27. The van der Waals surface area contributed by atoms with Gasteiger partial charge in [0.15, 0.2) is 0 Å². The summed E-state index contributed by atoms with van der Waals surface area (Å²) in [5.41, 5.74) is 2.09. The van der Waals surface area contributed by atoms with Crippen molar-refractivity contribution in [1.82, 2.24) is 9.29 Å². The zero-order valence-electron chi connectivity index (χ0n) is 20.8. The lowest BCUT2D eigenvalue weighted by Crippen LogP contribution is -2.46. The number of carbonyl (C=O) groups is 3. The van der Waals surface area contributed by atoms with E-state index in [1.807, 2.05) is 30.5 Å². The molecule has 3 aromatic carbocycles. The van der Waals surface area contributed by atoms with Gasteiger partial charge in [-0.1, -0.05) is 34.1 Å². The van der Waals surface area contributed by atoms with Crippen LogP contribution in [0.3, 0.4) is 0 Å². The lowest BCUT2D eigenvalue weighted by molar-refractivity contribution is -0.132. The molecule has 1 atom stereocenters. The van der Waals surface area contributed by atoms with Crippen LogP contribution in [0.1, 0.15) is 18.9 Å². The lowest BCUT2D eigenvalue weighted by atomic mass is 10.1. The number of benzene rings is 3. The van der Waals surface area contributed by atoms with Crippen molar-refractivity contribution in [1.29, 1.82) is 0 Å². The van der Waals surface area contributed by atoms with Gasteiger partial charge in [-0.25, -0.2) is 13.3 Å². The van der Waals surface area contributed by atoms with Gasteiger partial charge < -0.3 is 9.72 Å². The molecule has 0 radical (unpaired) electrons. The van der Waals surface area contributed by atoms with Crippen LogP contribution in [0, 0.1) is 0 Å². The van der Waals surface area contributed by atoms with Crippen LogP contribution in [0.15, 0.2) is 88.4 Å². The molecule has 9 nitrogen and oxygen atoms in total. The third-order valence-corrected chi connectivity index (χ3v) is 8.97. The van der Waals surface area contributed by atoms with E-state index in [2.05, 4.69) is 20.9 Å². The maximum Gasteiger partial charge on any atom is 0.308 e. The third kappa shape index (κ3) is 5.38. The number of nitrogens with zero attached hydrogens (tertiary/aromatic N) is 2. The normalized spacial score (nSPS) is 15.9. The van der Waals surface area contributed by atoms with Crippen LogP contribution >= 0.6 is 15.9 Å². The van der Waals surface area contributed by atoms with E-state index in [1.54, 1.807) is 12.1 Å². The number of anilines is 1. The number of H-pyrrole nitrogens is 1. The van der Waals surface area contributed by atoms with Crippen molar-refractivity contribution >= 4 is 60.3 Å². The molecule has 2 amide bonds. The number of carbonyl (C=O) groups excluding carboxylic acids is 3. The Hall–Kier alpha value is -3.80. The number of sulfonamides is 1. The summed E-state index contributed by atoms with van der Waals surface area (Å²) in [5.74, 6) is -1.40. The van der Waals surface area contributed by atoms with Crippen molar-refractivity contribution in [2.75, 3.05) is 11.4 Å². The molecule has 0 bridgehead atoms. The van der Waals surface area contributed by atoms with Crippen molar-refractivity contribution < 1.29 is 27.5 Å². The number of nitrogens with one attached hydrogen (secondary N) is 1. The zero-order valence-corrected chi connectivity index (χ0v) is 23.2. The predicted octanol–water partition coefficient (Wildman–Crippen LogP) is 4.42. The number of hydrogen-bond acceptors (Lipinski definition) is 6. The smallest absolute Gasteiger partial charge is 0.308 e. The maximum absolute atomic E-state index is 13.9. The Balaban J connectivity index is 1.47. The molecule has 1 unspecified atom stereocenters. The summed E-state index contributed by atoms with van der Waals surface area (Å²) in [6.45, 7) is 1.26. The van der Waals surface area contributed by atoms with Gasteiger partial charge in [-0.05, 0) is 66.6 Å². The highest BCUT2D eigenvalue weighted by atomic mass is 79.9. The fraction of sp³-hybridized carbons (Fsp3) is 0.179. The number of rotatable bonds is 8. The summed E-state index contributed by atoms with van der Waals surface area (Å²) >= 11 is 3.32. The van der Waals surface area contributed by atoms with Crippen LogP contribution < -0.4 is 9.64 Å². The Morgan fingerprint density at radius 2 is 1.74 bits per heavy atom. The minimum atomic E-state index is -4.14. The molecule has 1 N–H and O–H groups in total. The molecule has 4 aromatic rings. The average Bonchev–Trinajstić information content (AvgIpc) is 3.44. The first-order valence-electron chi connectivity index (χ1n) is 12.1. The molecule has 1 fully saturated rings. The number of esters is 1. The fourth-order valence-corrected chi connectivity index (χ4v) is 6.54. The first-order chi connectivity index (χ1) is 18.6. The number of ether oxygens (including phenoxy) is 1. The van der Waals surface area contributed by atoms with E-state index in [4.69, 9.17) is 4.74 Å². The van der Waals surface area contributed by atoms with E-state index < -0.39 is 33.8 Å². The first-order valence-corrected chi connectivity index (χ1v) is 14.4. The van der Waals surface area contributed by atoms with Crippen LogP contribution in [-0.2, 0) is 30.8 Å². The molecule has 1 aliphatic rings. The van der Waals surface area contributed by atoms with E-state index in [0.717, 1.165) is 25.7 Å². The van der Waals surface area contributed by atoms with Gasteiger partial charge >= 0.3 is 5.97 Å². The van der Waals surface area contributed by atoms with E-state index >= 15 is 0 Å². The number of hydrogen-bond donors (Lipinski definition) is 1. The second kappa shape index (κ2) is 10.8. The molecule has 1 aromatic heterocycles. The largest absolute Gasteiger partial charge is 0.427 e. The SMILES string of the molecule is CC(=O)Oc1ccc(N2C(=O)CC(N(CCc3c[nH]c4ccccc34)S(=O)(=O)c3ccc(Br)cc3)C2=O)cc1. The Morgan fingerprint density at radius 3 is 2.44 bits per heavy atom. The summed E-state index contributed by atoms with van der Waals surface area (Å²) in [6.07, 6.45) is 1.86. The van der Waals surface area contributed by atoms with Gasteiger partial charge in [-0.15, -0.1) is 0 Å². The number of fused-ring (bicyclic) bond motifs is 1. The van der Waals surface area contributed by atoms with E-state index in [0.29, 0.717) is 10.9 Å². The summed E-state index contributed by atoms with van der Waals surface area (Å²) in [5, 5.41) is 0.960.